The van der Waals surface area contributed by atoms with E-state index < -0.39 is 10.8 Å². The minimum atomic E-state index is -0.437. The molecule has 68 heavy (non-hydrogen) atoms. The predicted molar refractivity (Wildman–Crippen MR) is 278 cm³/mol. The van der Waals surface area contributed by atoms with Crippen molar-refractivity contribution in [3.63, 3.8) is 0 Å². The Kier molecular flexibility index (Phi) is 7.78. The lowest BCUT2D eigenvalue weighted by molar-refractivity contribution is 0.141. The van der Waals surface area contributed by atoms with Gasteiger partial charge in [-0.05, 0) is 126 Å². The molecular formula is C66H43NO. The summed E-state index contributed by atoms with van der Waals surface area (Å²) in [6.07, 6.45) is 8.88. The van der Waals surface area contributed by atoms with E-state index in [2.05, 4.69) is 254 Å². The Labute approximate surface area is 396 Å². The molecule has 0 fully saturated rings. The van der Waals surface area contributed by atoms with E-state index in [4.69, 9.17) is 4.74 Å². The van der Waals surface area contributed by atoms with E-state index in [1.165, 1.54) is 94.2 Å². The van der Waals surface area contributed by atoms with E-state index in [0.29, 0.717) is 0 Å². The van der Waals surface area contributed by atoms with Crippen molar-refractivity contribution in [3.05, 3.63) is 288 Å². The van der Waals surface area contributed by atoms with Crippen LogP contribution >= 0.6 is 0 Å². The van der Waals surface area contributed by atoms with Gasteiger partial charge in [-0.15, -0.1) is 0 Å². The number of fused-ring (bicyclic) bond motifs is 20. The van der Waals surface area contributed by atoms with Crippen molar-refractivity contribution in [1.29, 1.82) is 0 Å². The van der Waals surface area contributed by atoms with Gasteiger partial charge in [0.15, 0.2) is 0 Å². The number of hydrogen-bond acceptors (Lipinski definition) is 2. The molecule has 10 aromatic rings. The van der Waals surface area contributed by atoms with E-state index in [1.807, 2.05) is 0 Å². The van der Waals surface area contributed by atoms with Gasteiger partial charge in [-0.3, -0.25) is 0 Å². The second-order valence-corrected chi connectivity index (χ2v) is 19.0. The quantitative estimate of drug-likeness (QED) is 0.175. The third-order valence-electron chi connectivity index (χ3n) is 15.9. The summed E-state index contributed by atoms with van der Waals surface area (Å²) < 4.78 is 6.81. The summed E-state index contributed by atoms with van der Waals surface area (Å²) in [6.45, 7) is 0. The number of rotatable bonds is 4. The molecule has 10 aromatic carbocycles. The molecule has 0 aromatic heterocycles. The lowest BCUT2D eigenvalue weighted by atomic mass is 9.60. The SMILES string of the molecule is C1=CC2Oc3ccccc3C3(c4ccccc4-c4cc(N(c5ccc6c(c5)-c5ccccc5C65c6ccccc6-c6ccccc65)c5ccc6ccccc6c5-c5ccccc5)ccc43)C2C=C1. The highest BCUT2D eigenvalue weighted by atomic mass is 16.5. The Morgan fingerprint density at radius 1 is 0.382 bits per heavy atom. The maximum absolute atomic E-state index is 6.81. The fraction of sp³-hybridized carbons (Fsp3) is 0.0606. The van der Waals surface area contributed by atoms with Crippen LogP contribution < -0.4 is 9.64 Å². The summed E-state index contributed by atoms with van der Waals surface area (Å²) in [5.74, 6) is 1.03. The van der Waals surface area contributed by atoms with Gasteiger partial charge in [0.25, 0.3) is 0 Å². The van der Waals surface area contributed by atoms with Gasteiger partial charge >= 0.3 is 0 Å². The molecule has 1 heterocycles. The van der Waals surface area contributed by atoms with Crippen LogP contribution in [0.25, 0.3) is 55.3 Å². The molecule has 0 radical (unpaired) electrons. The number of ether oxygens (including phenoxy) is 1. The predicted octanol–water partition coefficient (Wildman–Crippen LogP) is 16.1. The summed E-state index contributed by atoms with van der Waals surface area (Å²) in [7, 11) is 0. The molecule has 0 saturated carbocycles. The molecule has 0 amide bonds. The van der Waals surface area contributed by atoms with Crippen molar-refractivity contribution in [1.82, 2.24) is 0 Å². The van der Waals surface area contributed by atoms with Crippen LogP contribution in [0.5, 0.6) is 5.75 Å². The van der Waals surface area contributed by atoms with Crippen molar-refractivity contribution >= 4 is 27.8 Å². The Morgan fingerprint density at radius 3 is 1.59 bits per heavy atom. The van der Waals surface area contributed by atoms with E-state index in [9.17, 15) is 0 Å². The standard InChI is InChI=1S/C66H43NO/c1-2-19-43(20-3-1)64-46-21-5-4-18-42(46)34-39-61(64)67(44-35-37-57-51(40-44)49-24-8-12-28-55(49)65(57)53-26-10-6-22-47(53)48-23-7-11-27-54(48)65)45-36-38-58-52(41-45)50-25-9-13-29-56(50)66(58)59-30-14-16-32-62(59)68-63-33-17-15-31-60(63)66/h1-41,59,62H. The summed E-state index contributed by atoms with van der Waals surface area (Å²) in [6, 6.07) is 84.2. The second-order valence-electron chi connectivity index (χ2n) is 19.0. The molecule has 3 atom stereocenters. The summed E-state index contributed by atoms with van der Waals surface area (Å²) in [5.41, 5.74) is 21.8. The lowest BCUT2D eigenvalue weighted by Gasteiger charge is -2.47. The van der Waals surface area contributed by atoms with Gasteiger partial charge in [0.05, 0.1) is 16.5 Å². The van der Waals surface area contributed by atoms with Crippen LogP contribution in [0.15, 0.2) is 249 Å². The zero-order valence-electron chi connectivity index (χ0n) is 37.2. The number of benzene rings is 10. The van der Waals surface area contributed by atoms with Crippen LogP contribution in [-0.2, 0) is 10.8 Å². The van der Waals surface area contributed by atoms with Gasteiger partial charge in [-0.25, -0.2) is 0 Å². The molecule has 4 aliphatic carbocycles. The molecule has 318 valence electrons. The van der Waals surface area contributed by atoms with Crippen LogP contribution in [-0.4, -0.2) is 6.10 Å². The van der Waals surface area contributed by atoms with Crippen LogP contribution in [0.1, 0.15) is 38.9 Å². The first-order valence-electron chi connectivity index (χ1n) is 23.9. The summed E-state index contributed by atoms with van der Waals surface area (Å²) in [5, 5.41) is 2.43. The molecule has 2 spiro atoms. The van der Waals surface area contributed by atoms with Gasteiger partial charge in [0.2, 0.25) is 0 Å². The first-order chi connectivity index (χ1) is 33.7. The van der Waals surface area contributed by atoms with Crippen molar-refractivity contribution in [2.45, 2.75) is 16.9 Å². The van der Waals surface area contributed by atoms with E-state index >= 15 is 0 Å². The second kappa shape index (κ2) is 14.0. The zero-order chi connectivity index (χ0) is 44.6. The molecule has 1 aliphatic heterocycles. The Morgan fingerprint density at radius 2 is 0.882 bits per heavy atom. The Hall–Kier alpha value is -8.46. The normalized spacial score (nSPS) is 18.8. The number of allylic oxidation sites excluding steroid dienone is 2. The number of anilines is 3. The van der Waals surface area contributed by atoms with E-state index in [1.54, 1.807) is 0 Å². The third-order valence-corrected chi connectivity index (χ3v) is 15.9. The maximum Gasteiger partial charge on any atom is 0.125 e. The monoisotopic (exact) mass is 865 g/mol. The summed E-state index contributed by atoms with van der Waals surface area (Å²) >= 11 is 0. The van der Waals surface area contributed by atoms with Crippen molar-refractivity contribution < 1.29 is 4.74 Å². The minimum Gasteiger partial charge on any atom is -0.485 e. The maximum atomic E-state index is 6.81. The Bertz CT molecular complexity index is 3770. The number of nitrogens with zero attached hydrogens (tertiary/aromatic N) is 1. The van der Waals surface area contributed by atoms with Crippen LogP contribution in [0.4, 0.5) is 17.1 Å². The molecule has 2 nitrogen and oxygen atoms in total. The molecular weight excluding hydrogens is 823 g/mol. The summed E-state index contributed by atoms with van der Waals surface area (Å²) in [4.78, 5) is 2.54. The Balaban J connectivity index is 1.01. The topological polar surface area (TPSA) is 12.5 Å². The smallest absolute Gasteiger partial charge is 0.125 e. The van der Waals surface area contributed by atoms with Crippen LogP contribution in [0.3, 0.4) is 0 Å². The van der Waals surface area contributed by atoms with Gasteiger partial charge < -0.3 is 9.64 Å². The number of para-hydroxylation sites is 1. The molecule has 5 aliphatic rings. The van der Waals surface area contributed by atoms with Gasteiger partial charge in [-0.1, -0.05) is 206 Å². The molecule has 0 saturated heterocycles. The molecule has 15 rings (SSSR count). The largest absolute Gasteiger partial charge is 0.485 e. The molecule has 2 heteroatoms. The molecule has 3 unspecified atom stereocenters. The lowest BCUT2D eigenvalue weighted by Crippen LogP contribution is -2.47. The van der Waals surface area contributed by atoms with Gasteiger partial charge in [0, 0.05) is 28.4 Å². The molecule has 0 N–H and O–H groups in total. The average Bonchev–Trinajstić information content (AvgIpc) is 3.99. The highest BCUT2D eigenvalue weighted by Gasteiger charge is 2.56. The zero-order valence-corrected chi connectivity index (χ0v) is 37.2. The fourth-order valence-corrected chi connectivity index (χ4v) is 13.4. The third kappa shape index (κ3) is 4.81. The van der Waals surface area contributed by atoms with Gasteiger partial charge in [-0.2, -0.15) is 0 Å². The molecule has 0 bridgehead atoms. The van der Waals surface area contributed by atoms with Crippen molar-refractivity contribution in [2.75, 3.05) is 4.90 Å². The first-order valence-corrected chi connectivity index (χ1v) is 23.9. The van der Waals surface area contributed by atoms with E-state index in [-0.39, 0.29) is 12.0 Å². The highest BCUT2D eigenvalue weighted by molar-refractivity contribution is 6.06. The van der Waals surface area contributed by atoms with Crippen molar-refractivity contribution in [3.8, 4) is 50.3 Å². The number of hydrogen-bond donors (Lipinski definition) is 0. The van der Waals surface area contributed by atoms with Crippen molar-refractivity contribution in [2.24, 2.45) is 5.92 Å². The van der Waals surface area contributed by atoms with Gasteiger partial charge in [0.1, 0.15) is 11.9 Å². The first kappa shape index (κ1) is 37.7. The van der Waals surface area contributed by atoms with E-state index in [0.717, 1.165) is 22.8 Å². The van der Waals surface area contributed by atoms with Crippen LogP contribution in [0, 0.1) is 5.92 Å². The highest BCUT2D eigenvalue weighted by Crippen LogP contribution is 2.65. The minimum absolute atomic E-state index is 0.0758. The fourth-order valence-electron chi connectivity index (χ4n) is 13.4. The van der Waals surface area contributed by atoms with Crippen LogP contribution in [0.2, 0.25) is 0 Å². The average molecular weight is 866 g/mol.